The molecular weight excluding hydrogens is 192 g/mol. The molecular formula is C12H14O3. The number of hydrogen-bond acceptors (Lipinski definition) is 3. The maximum atomic E-state index is 5.41. The minimum atomic E-state index is 0.127. The molecule has 1 fully saturated rings. The molecule has 0 spiro atoms. The fraction of sp³-hybridized carbons (Fsp3) is 0.333. The van der Waals surface area contributed by atoms with Crippen LogP contribution in [0.1, 0.15) is 11.7 Å². The van der Waals surface area contributed by atoms with Gasteiger partial charge in [0.25, 0.3) is 0 Å². The van der Waals surface area contributed by atoms with Crippen LogP contribution in [0.2, 0.25) is 0 Å². The van der Waals surface area contributed by atoms with Gasteiger partial charge < -0.3 is 14.2 Å². The number of epoxide rings is 1. The van der Waals surface area contributed by atoms with Crippen molar-refractivity contribution in [3.05, 3.63) is 36.4 Å². The molecule has 0 bridgehead atoms. The zero-order valence-electron chi connectivity index (χ0n) is 8.90. The van der Waals surface area contributed by atoms with Gasteiger partial charge in [0, 0.05) is 0 Å². The summed E-state index contributed by atoms with van der Waals surface area (Å²) < 4.78 is 15.8. The first-order valence-electron chi connectivity index (χ1n) is 4.80. The van der Waals surface area contributed by atoms with Crippen molar-refractivity contribution in [1.29, 1.82) is 0 Å². The quantitative estimate of drug-likeness (QED) is 0.559. The molecule has 0 amide bonds. The Morgan fingerprint density at radius 1 is 1.27 bits per heavy atom. The van der Waals surface area contributed by atoms with E-state index in [0.717, 1.165) is 17.1 Å². The van der Waals surface area contributed by atoms with E-state index in [2.05, 4.69) is 6.58 Å². The molecule has 1 aliphatic rings. The predicted molar refractivity (Wildman–Crippen MR) is 57.4 cm³/mol. The van der Waals surface area contributed by atoms with E-state index in [1.807, 2.05) is 18.2 Å². The number of benzene rings is 1. The van der Waals surface area contributed by atoms with Crippen LogP contribution < -0.4 is 9.47 Å². The van der Waals surface area contributed by atoms with Crippen molar-refractivity contribution in [3.8, 4) is 11.5 Å². The molecule has 1 saturated heterocycles. The molecule has 1 aromatic rings. The van der Waals surface area contributed by atoms with Gasteiger partial charge in [0.1, 0.15) is 12.2 Å². The average Bonchev–Trinajstić information content (AvgIpc) is 3.07. The van der Waals surface area contributed by atoms with Gasteiger partial charge in [-0.15, -0.1) is 6.58 Å². The number of methoxy groups -OCH3 is 2. The SMILES string of the molecule is C=C[C@@H]1O[C@H]1c1ccc(OC)c(OC)c1. The molecule has 1 heterocycles. The van der Waals surface area contributed by atoms with Gasteiger partial charge in [-0.1, -0.05) is 12.1 Å². The molecule has 15 heavy (non-hydrogen) atoms. The van der Waals surface area contributed by atoms with Gasteiger partial charge >= 0.3 is 0 Å². The Morgan fingerprint density at radius 2 is 2.00 bits per heavy atom. The molecule has 0 aliphatic carbocycles. The fourth-order valence-corrected chi connectivity index (χ4v) is 1.60. The number of ether oxygens (including phenoxy) is 3. The van der Waals surface area contributed by atoms with Crippen LogP contribution in [-0.2, 0) is 4.74 Å². The first-order valence-corrected chi connectivity index (χ1v) is 4.80. The maximum Gasteiger partial charge on any atom is 0.161 e. The van der Waals surface area contributed by atoms with E-state index in [-0.39, 0.29) is 12.2 Å². The van der Waals surface area contributed by atoms with Crippen LogP contribution in [0.4, 0.5) is 0 Å². The normalized spacial score (nSPS) is 23.3. The van der Waals surface area contributed by atoms with E-state index >= 15 is 0 Å². The summed E-state index contributed by atoms with van der Waals surface area (Å²) in [6.45, 7) is 3.69. The highest BCUT2D eigenvalue weighted by Gasteiger charge is 2.37. The lowest BCUT2D eigenvalue weighted by atomic mass is 10.1. The molecule has 80 valence electrons. The fourth-order valence-electron chi connectivity index (χ4n) is 1.60. The zero-order chi connectivity index (χ0) is 10.8. The Morgan fingerprint density at radius 3 is 2.53 bits per heavy atom. The highest BCUT2D eigenvalue weighted by atomic mass is 16.6. The van der Waals surface area contributed by atoms with E-state index in [1.54, 1.807) is 20.3 Å². The summed E-state index contributed by atoms with van der Waals surface area (Å²) in [6.07, 6.45) is 2.08. The second kappa shape index (κ2) is 3.95. The van der Waals surface area contributed by atoms with E-state index in [1.165, 1.54) is 0 Å². The average molecular weight is 206 g/mol. The molecule has 0 aromatic heterocycles. The lowest BCUT2D eigenvalue weighted by molar-refractivity contribution is 0.352. The van der Waals surface area contributed by atoms with Gasteiger partial charge in [0.15, 0.2) is 11.5 Å². The number of hydrogen-bond donors (Lipinski definition) is 0. The largest absolute Gasteiger partial charge is 0.493 e. The van der Waals surface area contributed by atoms with Gasteiger partial charge in [-0.2, -0.15) is 0 Å². The van der Waals surface area contributed by atoms with Crippen LogP contribution >= 0.6 is 0 Å². The third kappa shape index (κ3) is 1.83. The van der Waals surface area contributed by atoms with Crippen molar-refractivity contribution >= 4 is 0 Å². The Kier molecular flexibility index (Phi) is 2.64. The first-order chi connectivity index (χ1) is 7.30. The molecule has 0 radical (unpaired) electrons. The monoisotopic (exact) mass is 206 g/mol. The molecule has 2 rings (SSSR count). The second-order valence-corrected chi connectivity index (χ2v) is 3.37. The van der Waals surface area contributed by atoms with E-state index in [4.69, 9.17) is 14.2 Å². The highest BCUT2D eigenvalue weighted by molar-refractivity contribution is 5.44. The Hall–Kier alpha value is -1.48. The van der Waals surface area contributed by atoms with Crippen molar-refractivity contribution in [1.82, 2.24) is 0 Å². The van der Waals surface area contributed by atoms with Crippen molar-refractivity contribution in [2.24, 2.45) is 0 Å². The van der Waals surface area contributed by atoms with Crippen LogP contribution in [0.5, 0.6) is 11.5 Å². The summed E-state index contributed by atoms with van der Waals surface area (Å²) in [4.78, 5) is 0. The zero-order valence-corrected chi connectivity index (χ0v) is 8.90. The van der Waals surface area contributed by atoms with Crippen LogP contribution in [0.3, 0.4) is 0 Å². The third-order valence-electron chi connectivity index (χ3n) is 2.49. The Bertz CT molecular complexity index is 373. The second-order valence-electron chi connectivity index (χ2n) is 3.37. The highest BCUT2D eigenvalue weighted by Crippen LogP contribution is 2.42. The van der Waals surface area contributed by atoms with Crippen molar-refractivity contribution in [3.63, 3.8) is 0 Å². The van der Waals surface area contributed by atoms with Gasteiger partial charge in [-0.05, 0) is 17.7 Å². The van der Waals surface area contributed by atoms with Crippen molar-refractivity contribution < 1.29 is 14.2 Å². The molecule has 0 saturated carbocycles. The third-order valence-corrected chi connectivity index (χ3v) is 2.49. The summed E-state index contributed by atoms with van der Waals surface area (Å²) in [5, 5.41) is 0. The van der Waals surface area contributed by atoms with E-state index in [0.29, 0.717) is 0 Å². The van der Waals surface area contributed by atoms with Crippen LogP contribution in [0.15, 0.2) is 30.9 Å². The standard InChI is InChI=1S/C12H14O3/c1-4-9-12(15-9)8-5-6-10(13-2)11(7-8)14-3/h4-7,9,12H,1H2,2-3H3/t9-,12-/m0/s1. The summed E-state index contributed by atoms with van der Waals surface area (Å²) >= 11 is 0. The number of rotatable bonds is 4. The minimum absolute atomic E-state index is 0.127. The lowest BCUT2D eigenvalue weighted by Gasteiger charge is -2.08. The summed E-state index contributed by atoms with van der Waals surface area (Å²) in [5.41, 5.74) is 1.09. The van der Waals surface area contributed by atoms with Crippen molar-refractivity contribution in [2.45, 2.75) is 12.2 Å². The molecule has 1 aliphatic heterocycles. The van der Waals surface area contributed by atoms with Crippen LogP contribution in [0, 0.1) is 0 Å². The van der Waals surface area contributed by atoms with Gasteiger partial charge in [0.2, 0.25) is 0 Å². The lowest BCUT2D eigenvalue weighted by Crippen LogP contribution is -1.92. The van der Waals surface area contributed by atoms with Crippen LogP contribution in [-0.4, -0.2) is 20.3 Å². The van der Waals surface area contributed by atoms with Crippen LogP contribution in [0.25, 0.3) is 0 Å². The van der Waals surface area contributed by atoms with Gasteiger partial charge in [0.05, 0.1) is 14.2 Å². The molecule has 3 nitrogen and oxygen atoms in total. The molecule has 0 N–H and O–H groups in total. The smallest absolute Gasteiger partial charge is 0.161 e. The van der Waals surface area contributed by atoms with E-state index in [9.17, 15) is 0 Å². The summed E-state index contributed by atoms with van der Waals surface area (Å²) in [7, 11) is 3.25. The van der Waals surface area contributed by atoms with Gasteiger partial charge in [-0.25, -0.2) is 0 Å². The maximum absolute atomic E-state index is 5.41. The Labute approximate surface area is 89.3 Å². The Balaban J connectivity index is 2.24. The molecule has 0 unspecified atom stereocenters. The topological polar surface area (TPSA) is 31.0 Å². The van der Waals surface area contributed by atoms with Gasteiger partial charge in [-0.3, -0.25) is 0 Å². The molecule has 2 atom stereocenters. The molecule has 3 heteroatoms. The predicted octanol–water partition coefficient (Wildman–Crippen LogP) is 2.33. The minimum Gasteiger partial charge on any atom is -0.493 e. The summed E-state index contributed by atoms with van der Waals surface area (Å²) in [6, 6.07) is 5.80. The summed E-state index contributed by atoms with van der Waals surface area (Å²) in [5.74, 6) is 1.46. The van der Waals surface area contributed by atoms with Crippen molar-refractivity contribution in [2.75, 3.05) is 14.2 Å². The molecule has 1 aromatic carbocycles. The van der Waals surface area contributed by atoms with E-state index < -0.39 is 0 Å². The first kappa shape index (κ1) is 10.1.